The van der Waals surface area contributed by atoms with Crippen LogP contribution in [0.1, 0.15) is 13.3 Å². The van der Waals surface area contributed by atoms with Gasteiger partial charge in [0.05, 0.1) is 36.2 Å². The minimum absolute atomic E-state index is 0.0961. The number of nitrogen functional groups attached to an aromatic ring is 1. The summed E-state index contributed by atoms with van der Waals surface area (Å²) in [6, 6.07) is 13.0. The second kappa shape index (κ2) is 10.5. The molecular formula is C22H24N4O5S2. The van der Waals surface area contributed by atoms with Crippen LogP contribution in [-0.4, -0.2) is 43.8 Å². The molecule has 0 saturated carbocycles. The zero-order chi connectivity index (χ0) is 24.0. The van der Waals surface area contributed by atoms with Gasteiger partial charge in [-0.25, -0.2) is 18.4 Å². The minimum Gasteiger partial charge on any atom is -0.497 e. The van der Waals surface area contributed by atoms with Crippen molar-refractivity contribution in [3.05, 3.63) is 54.7 Å². The first-order valence-corrected chi connectivity index (χ1v) is 12.3. The average Bonchev–Trinajstić information content (AvgIpc) is 2.82. The van der Waals surface area contributed by atoms with E-state index in [9.17, 15) is 13.2 Å². The SMILES string of the molecule is CC[C@H](Sc1ncc(S(=O)(=O)c2ccccc2)c(N)n1)C(=O)Nc1cc(OC)ccc1OC. The summed E-state index contributed by atoms with van der Waals surface area (Å²) in [5.41, 5.74) is 6.42. The normalized spacial score (nSPS) is 12.1. The molecule has 11 heteroatoms. The summed E-state index contributed by atoms with van der Waals surface area (Å²) in [6.07, 6.45) is 1.64. The largest absolute Gasteiger partial charge is 0.497 e. The molecule has 0 saturated heterocycles. The van der Waals surface area contributed by atoms with Crippen LogP contribution >= 0.6 is 11.8 Å². The molecule has 0 unspecified atom stereocenters. The second-order valence-electron chi connectivity index (χ2n) is 6.79. The van der Waals surface area contributed by atoms with E-state index in [-0.39, 0.29) is 26.7 Å². The molecule has 3 N–H and O–H groups in total. The zero-order valence-corrected chi connectivity index (χ0v) is 19.9. The number of nitrogens with one attached hydrogen (secondary N) is 1. The van der Waals surface area contributed by atoms with E-state index in [0.29, 0.717) is 23.6 Å². The minimum atomic E-state index is -3.86. The number of nitrogens with two attached hydrogens (primary N) is 1. The molecule has 33 heavy (non-hydrogen) atoms. The number of rotatable bonds is 9. The second-order valence-corrected chi connectivity index (χ2v) is 9.88. The lowest BCUT2D eigenvalue weighted by Gasteiger charge is -2.16. The molecule has 2 aromatic carbocycles. The maximum atomic E-state index is 12.9. The van der Waals surface area contributed by atoms with Crippen molar-refractivity contribution >= 4 is 39.0 Å². The topological polar surface area (TPSA) is 134 Å². The average molecular weight is 489 g/mol. The van der Waals surface area contributed by atoms with E-state index in [0.717, 1.165) is 11.8 Å². The van der Waals surface area contributed by atoms with Crippen LogP contribution in [0.4, 0.5) is 11.5 Å². The number of carbonyl (C=O) groups is 1. The third-order valence-corrected chi connectivity index (χ3v) is 7.71. The predicted octanol–water partition coefficient (Wildman–Crippen LogP) is 3.42. The van der Waals surface area contributed by atoms with E-state index < -0.39 is 15.1 Å². The Labute approximate surface area is 196 Å². The number of nitrogens with zero attached hydrogens (tertiary/aromatic N) is 2. The van der Waals surface area contributed by atoms with Crippen LogP contribution in [0.3, 0.4) is 0 Å². The Morgan fingerprint density at radius 3 is 2.48 bits per heavy atom. The maximum absolute atomic E-state index is 12.9. The number of hydrogen-bond donors (Lipinski definition) is 2. The number of anilines is 2. The van der Waals surface area contributed by atoms with Gasteiger partial charge in [-0.3, -0.25) is 4.79 Å². The Kier molecular flexibility index (Phi) is 7.77. The van der Waals surface area contributed by atoms with Crippen molar-refractivity contribution in [2.45, 2.75) is 33.5 Å². The first-order valence-electron chi connectivity index (χ1n) is 9.92. The molecule has 3 rings (SSSR count). The van der Waals surface area contributed by atoms with E-state index in [1.165, 1.54) is 32.5 Å². The Morgan fingerprint density at radius 2 is 1.88 bits per heavy atom. The number of sulfone groups is 1. The van der Waals surface area contributed by atoms with Crippen molar-refractivity contribution < 1.29 is 22.7 Å². The van der Waals surface area contributed by atoms with E-state index in [1.54, 1.807) is 36.4 Å². The van der Waals surface area contributed by atoms with Crippen molar-refractivity contribution in [1.29, 1.82) is 0 Å². The van der Waals surface area contributed by atoms with Crippen molar-refractivity contribution in [3.63, 3.8) is 0 Å². The van der Waals surface area contributed by atoms with E-state index in [2.05, 4.69) is 15.3 Å². The summed E-state index contributed by atoms with van der Waals surface area (Å²) in [6.45, 7) is 1.84. The summed E-state index contributed by atoms with van der Waals surface area (Å²) in [5, 5.41) is 2.47. The Balaban J connectivity index is 1.79. The molecule has 174 valence electrons. The lowest BCUT2D eigenvalue weighted by molar-refractivity contribution is -0.115. The van der Waals surface area contributed by atoms with Gasteiger partial charge in [0, 0.05) is 6.07 Å². The summed E-state index contributed by atoms with van der Waals surface area (Å²) in [5.74, 6) is 0.580. The van der Waals surface area contributed by atoms with E-state index in [1.807, 2.05) is 6.92 Å². The molecule has 1 atom stereocenters. The van der Waals surface area contributed by atoms with Gasteiger partial charge in [0.15, 0.2) is 5.16 Å². The van der Waals surface area contributed by atoms with Crippen LogP contribution in [0.2, 0.25) is 0 Å². The number of benzene rings is 2. The van der Waals surface area contributed by atoms with Gasteiger partial charge in [0.25, 0.3) is 0 Å². The van der Waals surface area contributed by atoms with E-state index in [4.69, 9.17) is 15.2 Å². The highest BCUT2D eigenvalue weighted by Gasteiger charge is 2.25. The zero-order valence-electron chi connectivity index (χ0n) is 18.3. The predicted molar refractivity (Wildman–Crippen MR) is 126 cm³/mol. The standard InChI is InChI=1S/C22H24N4O5S2/c1-4-18(21(27)25-16-12-14(30-2)10-11-17(16)31-3)32-22-24-13-19(20(23)26-22)33(28,29)15-8-6-5-7-9-15/h5-13,18H,4H2,1-3H3,(H,25,27)(H2,23,24,26)/t18-/m0/s1. The number of carbonyl (C=O) groups excluding carboxylic acids is 1. The van der Waals surface area contributed by atoms with Gasteiger partial charge in [-0.15, -0.1) is 0 Å². The summed E-state index contributed by atoms with van der Waals surface area (Å²) >= 11 is 1.09. The molecule has 1 amide bonds. The first-order chi connectivity index (χ1) is 15.8. The Bertz CT molecular complexity index is 1240. The molecule has 0 aliphatic carbocycles. The van der Waals surface area contributed by atoms with Gasteiger partial charge in [-0.1, -0.05) is 36.9 Å². The number of ether oxygens (including phenoxy) is 2. The number of methoxy groups -OCH3 is 2. The number of hydrogen-bond acceptors (Lipinski definition) is 9. The van der Waals surface area contributed by atoms with Crippen LogP contribution in [0.5, 0.6) is 11.5 Å². The quantitative estimate of drug-likeness (QED) is 0.343. The lowest BCUT2D eigenvalue weighted by Crippen LogP contribution is -2.25. The lowest BCUT2D eigenvalue weighted by atomic mass is 10.2. The van der Waals surface area contributed by atoms with Crippen LogP contribution in [0.15, 0.2) is 69.7 Å². The molecule has 0 fully saturated rings. The van der Waals surface area contributed by atoms with Crippen LogP contribution in [-0.2, 0) is 14.6 Å². The van der Waals surface area contributed by atoms with Crippen LogP contribution in [0, 0.1) is 0 Å². The summed E-state index contributed by atoms with van der Waals surface area (Å²) in [4.78, 5) is 21.1. The van der Waals surface area contributed by atoms with E-state index >= 15 is 0 Å². The molecule has 0 radical (unpaired) electrons. The molecular weight excluding hydrogens is 464 g/mol. The number of aromatic nitrogens is 2. The van der Waals surface area contributed by atoms with Crippen molar-refractivity contribution in [2.75, 3.05) is 25.3 Å². The third-order valence-electron chi connectivity index (χ3n) is 4.68. The van der Waals surface area contributed by atoms with Crippen molar-refractivity contribution in [2.24, 2.45) is 0 Å². The third kappa shape index (κ3) is 5.55. The molecule has 0 bridgehead atoms. The fraction of sp³-hybridized carbons (Fsp3) is 0.227. The van der Waals surface area contributed by atoms with Crippen molar-refractivity contribution in [1.82, 2.24) is 9.97 Å². The smallest absolute Gasteiger partial charge is 0.238 e. The number of amides is 1. The van der Waals surface area contributed by atoms with Gasteiger partial charge in [0.2, 0.25) is 15.7 Å². The fourth-order valence-corrected chi connectivity index (χ4v) is 5.07. The van der Waals surface area contributed by atoms with Gasteiger partial charge >= 0.3 is 0 Å². The molecule has 0 aliphatic heterocycles. The Hall–Kier alpha value is -3.31. The van der Waals surface area contributed by atoms with Gasteiger partial charge in [-0.05, 0) is 30.7 Å². The molecule has 0 aliphatic rings. The molecule has 0 spiro atoms. The highest BCUT2D eigenvalue weighted by atomic mass is 32.2. The summed E-state index contributed by atoms with van der Waals surface area (Å²) < 4.78 is 36.1. The molecule has 1 aromatic heterocycles. The first kappa shape index (κ1) is 24.3. The van der Waals surface area contributed by atoms with Gasteiger partial charge in [0.1, 0.15) is 22.2 Å². The van der Waals surface area contributed by atoms with Crippen molar-refractivity contribution in [3.8, 4) is 11.5 Å². The Morgan fingerprint density at radius 1 is 1.15 bits per heavy atom. The van der Waals surface area contributed by atoms with Gasteiger partial charge < -0.3 is 20.5 Å². The monoisotopic (exact) mass is 488 g/mol. The maximum Gasteiger partial charge on any atom is 0.238 e. The molecule has 1 heterocycles. The van der Waals surface area contributed by atoms with Gasteiger partial charge in [-0.2, -0.15) is 0 Å². The van der Waals surface area contributed by atoms with Crippen LogP contribution < -0.4 is 20.5 Å². The highest BCUT2D eigenvalue weighted by Crippen LogP contribution is 2.32. The number of thioether (sulfide) groups is 1. The highest BCUT2D eigenvalue weighted by molar-refractivity contribution is 8.00. The fourth-order valence-electron chi connectivity index (χ4n) is 2.93. The molecule has 9 nitrogen and oxygen atoms in total. The summed E-state index contributed by atoms with van der Waals surface area (Å²) in [7, 11) is -0.822. The van der Waals surface area contributed by atoms with Crippen LogP contribution in [0.25, 0.3) is 0 Å². The molecule has 3 aromatic rings.